The van der Waals surface area contributed by atoms with Crippen molar-refractivity contribution >= 4 is 23.4 Å². The number of aliphatic imine (C=N–C) groups is 1. The molecular formula is C9H10ClN3. The summed E-state index contributed by atoms with van der Waals surface area (Å²) in [7, 11) is 1.67. The molecule has 1 heterocycles. The summed E-state index contributed by atoms with van der Waals surface area (Å²) in [5.74, 6) is 0. The lowest BCUT2D eigenvalue weighted by Gasteiger charge is -2.01. The summed E-state index contributed by atoms with van der Waals surface area (Å²) in [5, 5.41) is 0.430. The van der Waals surface area contributed by atoms with Crippen LogP contribution in [0.1, 0.15) is 5.56 Å². The molecule has 0 amide bonds. The molecule has 0 spiro atoms. The van der Waals surface area contributed by atoms with E-state index in [0.717, 1.165) is 11.1 Å². The van der Waals surface area contributed by atoms with Crippen molar-refractivity contribution < 1.29 is 0 Å². The Morgan fingerprint density at radius 2 is 2.46 bits per heavy atom. The fraction of sp³-hybridized carbons (Fsp3) is 0.111. The van der Waals surface area contributed by atoms with Crippen molar-refractivity contribution in [2.45, 2.75) is 0 Å². The van der Waals surface area contributed by atoms with Crippen molar-refractivity contribution in [3.05, 3.63) is 35.2 Å². The van der Waals surface area contributed by atoms with Crippen LogP contribution in [0.15, 0.2) is 29.5 Å². The zero-order chi connectivity index (χ0) is 9.68. The third kappa shape index (κ3) is 2.29. The van der Waals surface area contributed by atoms with Crippen LogP contribution in [0.2, 0.25) is 5.15 Å². The van der Waals surface area contributed by atoms with Crippen molar-refractivity contribution in [2.75, 3.05) is 7.05 Å². The normalized spacial score (nSPS) is 12.3. The molecule has 4 heteroatoms. The molecule has 1 rings (SSSR count). The topological polar surface area (TPSA) is 51.3 Å². The predicted octanol–water partition coefficient (Wildman–Crippen LogP) is 1.74. The Kier molecular flexibility index (Phi) is 3.46. The van der Waals surface area contributed by atoms with E-state index in [1.54, 1.807) is 25.5 Å². The molecule has 0 aliphatic heterocycles. The Balaban J connectivity index is 3.13. The molecule has 0 saturated heterocycles. The maximum Gasteiger partial charge on any atom is 0.136 e. The average Bonchev–Trinajstić information content (AvgIpc) is 2.16. The molecule has 0 atom stereocenters. The summed E-state index contributed by atoms with van der Waals surface area (Å²) < 4.78 is 0. The first-order valence-electron chi connectivity index (χ1n) is 3.74. The van der Waals surface area contributed by atoms with Crippen LogP contribution < -0.4 is 5.73 Å². The van der Waals surface area contributed by atoms with E-state index in [4.69, 9.17) is 17.3 Å². The van der Waals surface area contributed by atoms with E-state index in [2.05, 4.69) is 9.98 Å². The van der Waals surface area contributed by atoms with Gasteiger partial charge in [0.05, 0.1) is 0 Å². The Morgan fingerprint density at radius 3 is 3.00 bits per heavy atom. The first-order valence-corrected chi connectivity index (χ1v) is 4.12. The number of hydrogen-bond acceptors (Lipinski definition) is 3. The van der Waals surface area contributed by atoms with Crippen LogP contribution in [-0.4, -0.2) is 18.2 Å². The Hall–Kier alpha value is -1.35. The van der Waals surface area contributed by atoms with E-state index in [1.165, 1.54) is 6.20 Å². The molecule has 0 radical (unpaired) electrons. The number of hydrogen-bond donors (Lipinski definition) is 1. The second-order valence-electron chi connectivity index (χ2n) is 2.35. The Morgan fingerprint density at radius 1 is 1.69 bits per heavy atom. The van der Waals surface area contributed by atoms with Crippen molar-refractivity contribution in [2.24, 2.45) is 10.7 Å². The minimum atomic E-state index is 0.430. The van der Waals surface area contributed by atoms with E-state index in [0.29, 0.717) is 5.15 Å². The molecule has 0 aromatic carbocycles. The van der Waals surface area contributed by atoms with Gasteiger partial charge in [0.15, 0.2) is 0 Å². The zero-order valence-corrected chi connectivity index (χ0v) is 7.99. The third-order valence-corrected chi connectivity index (χ3v) is 1.82. The van der Waals surface area contributed by atoms with Gasteiger partial charge >= 0.3 is 0 Å². The molecule has 0 aliphatic carbocycles. The van der Waals surface area contributed by atoms with Gasteiger partial charge in [-0.2, -0.15) is 0 Å². The summed E-state index contributed by atoms with van der Waals surface area (Å²) in [5.41, 5.74) is 6.97. The SMILES string of the molecule is CN=C/C(=C\N)c1cccnc1Cl. The fourth-order valence-electron chi connectivity index (χ4n) is 0.943. The lowest BCUT2D eigenvalue weighted by molar-refractivity contribution is 1.31. The van der Waals surface area contributed by atoms with Crippen LogP contribution in [0.4, 0.5) is 0 Å². The number of aromatic nitrogens is 1. The smallest absolute Gasteiger partial charge is 0.136 e. The summed E-state index contributed by atoms with van der Waals surface area (Å²) in [6.07, 6.45) is 4.72. The van der Waals surface area contributed by atoms with E-state index >= 15 is 0 Å². The largest absolute Gasteiger partial charge is 0.404 e. The van der Waals surface area contributed by atoms with Crippen LogP contribution in [0, 0.1) is 0 Å². The first kappa shape index (κ1) is 9.74. The summed E-state index contributed by atoms with van der Waals surface area (Å²) in [6.45, 7) is 0. The Labute approximate surface area is 82.0 Å². The second-order valence-corrected chi connectivity index (χ2v) is 2.71. The minimum absolute atomic E-state index is 0.430. The third-order valence-electron chi connectivity index (χ3n) is 1.52. The highest BCUT2D eigenvalue weighted by Gasteiger charge is 2.03. The molecule has 0 aliphatic rings. The molecule has 0 unspecified atom stereocenters. The number of nitrogens with two attached hydrogens (primary N) is 1. The van der Waals surface area contributed by atoms with Gasteiger partial charge in [-0.3, -0.25) is 4.99 Å². The molecular weight excluding hydrogens is 186 g/mol. The summed E-state index contributed by atoms with van der Waals surface area (Å²) in [4.78, 5) is 7.80. The first-order chi connectivity index (χ1) is 6.29. The van der Waals surface area contributed by atoms with Gasteiger partial charge in [0, 0.05) is 36.8 Å². The highest BCUT2D eigenvalue weighted by atomic mass is 35.5. The Bertz CT molecular complexity index is 344. The lowest BCUT2D eigenvalue weighted by atomic mass is 10.1. The maximum absolute atomic E-state index is 5.86. The standard InChI is InChI=1S/C9H10ClN3/c1-12-6-7(5-11)8-3-2-4-13-9(8)10/h2-6H,11H2,1H3/b7-5+,12-6?. The summed E-state index contributed by atoms with van der Waals surface area (Å²) in [6, 6.07) is 3.64. The van der Waals surface area contributed by atoms with E-state index in [-0.39, 0.29) is 0 Å². The van der Waals surface area contributed by atoms with Crippen molar-refractivity contribution in [3.63, 3.8) is 0 Å². The molecule has 1 aromatic heterocycles. The van der Waals surface area contributed by atoms with Crippen molar-refractivity contribution in [1.29, 1.82) is 0 Å². The molecule has 3 nitrogen and oxygen atoms in total. The monoisotopic (exact) mass is 195 g/mol. The van der Waals surface area contributed by atoms with Crippen LogP contribution in [0.5, 0.6) is 0 Å². The van der Waals surface area contributed by atoms with E-state index in [9.17, 15) is 0 Å². The van der Waals surface area contributed by atoms with Crippen LogP contribution in [0.25, 0.3) is 5.57 Å². The average molecular weight is 196 g/mol. The molecule has 0 bridgehead atoms. The van der Waals surface area contributed by atoms with Crippen LogP contribution in [-0.2, 0) is 0 Å². The van der Waals surface area contributed by atoms with E-state index < -0.39 is 0 Å². The van der Waals surface area contributed by atoms with Gasteiger partial charge in [0.25, 0.3) is 0 Å². The van der Waals surface area contributed by atoms with Gasteiger partial charge in [-0.05, 0) is 12.1 Å². The molecule has 1 aromatic rings. The molecule has 13 heavy (non-hydrogen) atoms. The van der Waals surface area contributed by atoms with Crippen molar-refractivity contribution in [3.8, 4) is 0 Å². The second kappa shape index (κ2) is 4.62. The van der Waals surface area contributed by atoms with Gasteiger partial charge in [-0.1, -0.05) is 11.6 Å². The maximum atomic E-state index is 5.86. The number of allylic oxidation sites excluding steroid dienone is 1. The van der Waals surface area contributed by atoms with Gasteiger partial charge in [0.1, 0.15) is 5.15 Å². The predicted molar refractivity (Wildman–Crippen MR) is 55.8 cm³/mol. The van der Waals surface area contributed by atoms with Crippen LogP contribution >= 0.6 is 11.6 Å². The number of pyridine rings is 1. The number of halogens is 1. The lowest BCUT2D eigenvalue weighted by Crippen LogP contribution is -1.93. The fourth-order valence-corrected chi connectivity index (χ4v) is 1.17. The van der Waals surface area contributed by atoms with Gasteiger partial charge in [0.2, 0.25) is 0 Å². The van der Waals surface area contributed by atoms with E-state index in [1.807, 2.05) is 6.07 Å². The minimum Gasteiger partial charge on any atom is -0.404 e. The highest BCUT2D eigenvalue weighted by Crippen LogP contribution is 2.18. The van der Waals surface area contributed by atoms with Gasteiger partial charge in [-0.25, -0.2) is 4.98 Å². The highest BCUT2D eigenvalue weighted by molar-refractivity contribution is 6.32. The zero-order valence-electron chi connectivity index (χ0n) is 7.24. The summed E-state index contributed by atoms with van der Waals surface area (Å²) >= 11 is 5.86. The molecule has 68 valence electrons. The van der Waals surface area contributed by atoms with Gasteiger partial charge in [-0.15, -0.1) is 0 Å². The molecule has 0 fully saturated rings. The van der Waals surface area contributed by atoms with Gasteiger partial charge < -0.3 is 5.73 Å². The van der Waals surface area contributed by atoms with Crippen molar-refractivity contribution in [1.82, 2.24) is 4.98 Å². The molecule has 0 saturated carbocycles. The van der Waals surface area contributed by atoms with Crippen LogP contribution in [0.3, 0.4) is 0 Å². The number of rotatable bonds is 2. The number of nitrogens with zero attached hydrogens (tertiary/aromatic N) is 2. The quantitative estimate of drug-likeness (QED) is 0.577. The molecule has 2 N–H and O–H groups in total.